The molecule has 2 aromatic heterocycles. The van der Waals surface area contributed by atoms with Gasteiger partial charge in [-0.1, -0.05) is 13.0 Å². The number of hydrogen-bond acceptors (Lipinski definition) is 5. The van der Waals surface area contributed by atoms with Crippen LogP contribution < -0.4 is 0 Å². The number of rotatable bonds is 6. The maximum atomic E-state index is 12.0. The first-order chi connectivity index (χ1) is 9.69. The standard InChI is InChI=1S/C15H18N2O2S/c1-3-5-14-17-10-13(20-14)15(18)19-11(2)8-12-6-4-7-16-9-12/h4,6-7,9-11H,3,5,8H2,1-2H3/t11-/m1/s1. The molecule has 106 valence electrons. The third-order valence-corrected chi connectivity index (χ3v) is 3.81. The third kappa shape index (κ3) is 4.13. The zero-order valence-corrected chi connectivity index (χ0v) is 12.5. The first-order valence-corrected chi connectivity index (χ1v) is 7.55. The van der Waals surface area contributed by atoms with Crippen molar-refractivity contribution in [2.24, 2.45) is 0 Å². The van der Waals surface area contributed by atoms with Gasteiger partial charge in [-0.25, -0.2) is 9.78 Å². The minimum absolute atomic E-state index is 0.177. The molecule has 5 heteroatoms. The Morgan fingerprint density at radius 1 is 1.45 bits per heavy atom. The van der Waals surface area contributed by atoms with Crippen LogP contribution in [0.2, 0.25) is 0 Å². The molecular weight excluding hydrogens is 272 g/mol. The van der Waals surface area contributed by atoms with Gasteiger partial charge in [-0.05, 0) is 31.4 Å². The molecule has 2 aromatic rings. The molecule has 0 amide bonds. The van der Waals surface area contributed by atoms with Gasteiger partial charge in [0, 0.05) is 18.8 Å². The van der Waals surface area contributed by atoms with Gasteiger partial charge in [0.25, 0.3) is 0 Å². The van der Waals surface area contributed by atoms with Gasteiger partial charge in [-0.15, -0.1) is 11.3 Å². The fourth-order valence-corrected chi connectivity index (χ4v) is 2.77. The van der Waals surface area contributed by atoms with Crippen LogP contribution in [0.25, 0.3) is 0 Å². The summed E-state index contributed by atoms with van der Waals surface area (Å²) in [6.07, 6.45) is 7.55. The Morgan fingerprint density at radius 2 is 2.30 bits per heavy atom. The second-order valence-corrected chi connectivity index (χ2v) is 5.76. The van der Waals surface area contributed by atoms with Crippen LogP contribution in [-0.4, -0.2) is 22.0 Å². The highest BCUT2D eigenvalue weighted by atomic mass is 32.1. The van der Waals surface area contributed by atoms with Crippen LogP contribution in [0.1, 0.15) is 40.5 Å². The summed E-state index contributed by atoms with van der Waals surface area (Å²) in [4.78, 5) is 20.8. The van der Waals surface area contributed by atoms with E-state index in [2.05, 4.69) is 16.9 Å². The van der Waals surface area contributed by atoms with Gasteiger partial charge < -0.3 is 4.74 Å². The summed E-state index contributed by atoms with van der Waals surface area (Å²) in [5, 5.41) is 0.986. The number of hydrogen-bond donors (Lipinski definition) is 0. The minimum Gasteiger partial charge on any atom is -0.458 e. The molecule has 1 atom stereocenters. The lowest BCUT2D eigenvalue weighted by atomic mass is 10.1. The van der Waals surface area contributed by atoms with Crippen molar-refractivity contribution in [3.63, 3.8) is 0 Å². The van der Waals surface area contributed by atoms with Crippen LogP contribution in [0.5, 0.6) is 0 Å². The molecule has 0 spiro atoms. The SMILES string of the molecule is CCCc1ncc(C(=O)O[C@H](C)Cc2cccnc2)s1. The molecule has 2 rings (SSSR count). The Labute approximate surface area is 122 Å². The predicted molar refractivity (Wildman–Crippen MR) is 78.9 cm³/mol. The van der Waals surface area contributed by atoms with Crippen molar-refractivity contribution < 1.29 is 9.53 Å². The van der Waals surface area contributed by atoms with Crippen molar-refractivity contribution in [2.45, 2.75) is 39.2 Å². The Balaban J connectivity index is 1.90. The number of nitrogens with zero attached hydrogens (tertiary/aromatic N) is 2. The Morgan fingerprint density at radius 3 is 3.00 bits per heavy atom. The average molecular weight is 290 g/mol. The van der Waals surface area contributed by atoms with Gasteiger partial charge in [0.15, 0.2) is 0 Å². The predicted octanol–water partition coefficient (Wildman–Crippen LogP) is 3.28. The number of thiazole rings is 1. The van der Waals surface area contributed by atoms with E-state index in [0.29, 0.717) is 11.3 Å². The molecule has 0 aliphatic heterocycles. The Hall–Kier alpha value is -1.75. The zero-order valence-electron chi connectivity index (χ0n) is 11.7. The molecule has 0 saturated heterocycles. The van der Waals surface area contributed by atoms with Gasteiger partial charge >= 0.3 is 5.97 Å². The highest BCUT2D eigenvalue weighted by Gasteiger charge is 2.15. The minimum atomic E-state index is -0.291. The Kier molecular flexibility index (Phi) is 5.24. The number of pyridine rings is 1. The molecule has 0 unspecified atom stereocenters. The topological polar surface area (TPSA) is 52.1 Å². The van der Waals surface area contributed by atoms with E-state index < -0.39 is 0 Å². The molecular formula is C15H18N2O2S. The molecule has 0 radical (unpaired) electrons. The number of aryl methyl sites for hydroxylation is 1. The average Bonchev–Trinajstić information content (AvgIpc) is 2.89. The van der Waals surface area contributed by atoms with Crippen molar-refractivity contribution in [3.05, 3.63) is 46.2 Å². The van der Waals surface area contributed by atoms with E-state index in [1.807, 2.05) is 19.1 Å². The van der Waals surface area contributed by atoms with Crippen LogP contribution in [0.3, 0.4) is 0 Å². The van der Waals surface area contributed by atoms with Gasteiger partial charge in [0.1, 0.15) is 11.0 Å². The molecule has 20 heavy (non-hydrogen) atoms. The van der Waals surface area contributed by atoms with Crippen molar-refractivity contribution in [2.75, 3.05) is 0 Å². The third-order valence-electron chi connectivity index (χ3n) is 2.77. The molecule has 2 heterocycles. The molecule has 0 aliphatic carbocycles. The normalized spacial score (nSPS) is 12.1. The van der Waals surface area contributed by atoms with E-state index in [0.717, 1.165) is 23.4 Å². The monoisotopic (exact) mass is 290 g/mol. The molecule has 4 nitrogen and oxygen atoms in total. The van der Waals surface area contributed by atoms with E-state index in [4.69, 9.17) is 4.74 Å². The summed E-state index contributed by atoms with van der Waals surface area (Å²) < 4.78 is 5.44. The lowest BCUT2D eigenvalue weighted by Gasteiger charge is -2.12. The summed E-state index contributed by atoms with van der Waals surface area (Å²) in [6.45, 7) is 3.98. The summed E-state index contributed by atoms with van der Waals surface area (Å²) in [7, 11) is 0. The van der Waals surface area contributed by atoms with Crippen molar-refractivity contribution in [3.8, 4) is 0 Å². The van der Waals surface area contributed by atoms with Gasteiger partial charge in [0.2, 0.25) is 0 Å². The first kappa shape index (κ1) is 14.7. The molecule has 0 bridgehead atoms. The van der Waals surface area contributed by atoms with E-state index in [1.165, 1.54) is 11.3 Å². The highest BCUT2D eigenvalue weighted by molar-refractivity contribution is 7.13. The number of esters is 1. The van der Waals surface area contributed by atoms with Crippen molar-refractivity contribution in [1.29, 1.82) is 0 Å². The molecule has 0 aromatic carbocycles. The highest BCUT2D eigenvalue weighted by Crippen LogP contribution is 2.17. The molecule has 0 fully saturated rings. The van der Waals surface area contributed by atoms with Crippen LogP contribution in [0.15, 0.2) is 30.7 Å². The summed E-state index contributed by atoms with van der Waals surface area (Å²) in [5.41, 5.74) is 1.06. The van der Waals surface area contributed by atoms with E-state index in [-0.39, 0.29) is 12.1 Å². The number of ether oxygens (including phenoxy) is 1. The molecule has 0 saturated carbocycles. The molecule has 0 aliphatic rings. The number of carbonyl (C=O) groups is 1. The fraction of sp³-hybridized carbons (Fsp3) is 0.400. The van der Waals surface area contributed by atoms with Crippen LogP contribution >= 0.6 is 11.3 Å². The van der Waals surface area contributed by atoms with E-state index >= 15 is 0 Å². The maximum absolute atomic E-state index is 12.0. The number of carbonyl (C=O) groups excluding carboxylic acids is 1. The lowest BCUT2D eigenvalue weighted by molar-refractivity contribution is 0.0348. The summed E-state index contributed by atoms with van der Waals surface area (Å²) >= 11 is 1.42. The van der Waals surface area contributed by atoms with Crippen LogP contribution in [0.4, 0.5) is 0 Å². The first-order valence-electron chi connectivity index (χ1n) is 6.73. The largest absolute Gasteiger partial charge is 0.458 e. The smallest absolute Gasteiger partial charge is 0.350 e. The Bertz CT molecular complexity index is 554. The van der Waals surface area contributed by atoms with E-state index in [1.54, 1.807) is 18.6 Å². The lowest BCUT2D eigenvalue weighted by Crippen LogP contribution is -2.16. The fourth-order valence-electron chi connectivity index (χ4n) is 1.87. The number of aromatic nitrogens is 2. The van der Waals surface area contributed by atoms with Gasteiger partial charge in [-0.2, -0.15) is 0 Å². The maximum Gasteiger partial charge on any atom is 0.350 e. The quantitative estimate of drug-likeness (QED) is 0.766. The second-order valence-electron chi connectivity index (χ2n) is 4.65. The molecule has 0 N–H and O–H groups in total. The van der Waals surface area contributed by atoms with Gasteiger partial charge in [-0.3, -0.25) is 4.98 Å². The second kappa shape index (κ2) is 7.14. The zero-order chi connectivity index (χ0) is 14.4. The van der Waals surface area contributed by atoms with Crippen LogP contribution in [0, 0.1) is 0 Å². The van der Waals surface area contributed by atoms with E-state index in [9.17, 15) is 4.79 Å². The van der Waals surface area contributed by atoms with Gasteiger partial charge in [0.05, 0.1) is 11.2 Å². The van der Waals surface area contributed by atoms with Crippen molar-refractivity contribution >= 4 is 17.3 Å². The van der Waals surface area contributed by atoms with Crippen LogP contribution in [-0.2, 0) is 17.6 Å². The summed E-state index contributed by atoms with van der Waals surface area (Å²) in [6, 6.07) is 3.85. The van der Waals surface area contributed by atoms with Crippen molar-refractivity contribution in [1.82, 2.24) is 9.97 Å². The summed E-state index contributed by atoms with van der Waals surface area (Å²) in [5.74, 6) is -0.291.